The van der Waals surface area contributed by atoms with E-state index in [1.807, 2.05) is 0 Å². The predicted octanol–water partition coefficient (Wildman–Crippen LogP) is 3.38. The van der Waals surface area contributed by atoms with E-state index in [4.69, 9.17) is 23.7 Å². The van der Waals surface area contributed by atoms with Gasteiger partial charge in [0.25, 0.3) is 0 Å². The number of carbonyl (C=O) groups excluding carboxylic acids is 2. The Morgan fingerprint density at radius 3 is 2.21 bits per heavy atom. The van der Waals surface area contributed by atoms with E-state index in [2.05, 4.69) is 54.5 Å². The summed E-state index contributed by atoms with van der Waals surface area (Å²) >= 11 is 0. The van der Waals surface area contributed by atoms with Crippen LogP contribution in [0.1, 0.15) is 113 Å². The highest BCUT2D eigenvalue weighted by Crippen LogP contribution is 2.76. The molecule has 0 aromatic rings. The van der Waals surface area contributed by atoms with Crippen LogP contribution in [-0.4, -0.2) is 117 Å². The van der Waals surface area contributed by atoms with Gasteiger partial charge in [-0.05, 0) is 109 Å². The molecule has 13 heteroatoms. The molecule has 2 aliphatic heterocycles. The van der Waals surface area contributed by atoms with Crippen LogP contribution in [-0.2, 0) is 33.3 Å². The lowest BCUT2D eigenvalue weighted by Gasteiger charge is -2.71. The van der Waals surface area contributed by atoms with E-state index >= 15 is 0 Å². The molecule has 0 radical (unpaired) electrons. The number of esters is 2. The molecule has 0 aromatic carbocycles. The molecular weight excluding hydrogens is 724 g/mol. The zero-order valence-corrected chi connectivity index (χ0v) is 34.6. The van der Waals surface area contributed by atoms with Gasteiger partial charge in [-0.2, -0.15) is 0 Å². The Bertz CT molecular complexity index is 1530. The van der Waals surface area contributed by atoms with Gasteiger partial charge < -0.3 is 54.3 Å². The number of allylic oxidation sites excluding steroid dienone is 2. The molecule has 56 heavy (non-hydrogen) atoms. The van der Waals surface area contributed by atoms with Crippen LogP contribution >= 0.6 is 0 Å². The van der Waals surface area contributed by atoms with Crippen LogP contribution in [0.4, 0.5) is 0 Å². The number of fused-ring (bicyclic) bond motifs is 7. The average Bonchev–Trinajstić information content (AvgIpc) is 3.14. The Hall–Kier alpha value is -1.68. The Balaban J connectivity index is 1.16. The van der Waals surface area contributed by atoms with E-state index in [1.165, 1.54) is 5.57 Å². The zero-order valence-electron chi connectivity index (χ0n) is 34.6. The van der Waals surface area contributed by atoms with Crippen molar-refractivity contribution >= 4 is 11.9 Å². The summed E-state index contributed by atoms with van der Waals surface area (Å²) in [5.41, 5.74) is -0.0378. The average molecular weight is 793 g/mol. The van der Waals surface area contributed by atoms with Gasteiger partial charge >= 0.3 is 11.9 Å². The summed E-state index contributed by atoms with van der Waals surface area (Å²) < 4.78 is 29.3. The summed E-state index contributed by atoms with van der Waals surface area (Å²) in [5.74, 6) is -0.0344. The fraction of sp³-hybridized carbons (Fsp3) is 0.907. The Morgan fingerprint density at radius 1 is 0.821 bits per heavy atom. The molecule has 318 valence electrons. The highest BCUT2D eigenvalue weighted by molar-refractivity contribution is 5.79. The Kier molecular flexibility index (Phi) is 11.2. The Morgan fingerprint density at radius 2 is 1.54 bits per heavy atom. The predicted molar refractivity (Wildman–Crippen MR) is 201 cm³/mol. The first kappa shape index (κ1) is 42.4. The van der Waals surface area contributed by atoms with Crippen molar-refractivity contribution < 1.29 is 63.9 Å². The first-order chi connectivity index (χ1) is 26.2. The van der Waals surface area contributed by atoms with Crippen LogP contribution in [0.2, 0.25) is 0 Å². The van der Waals surface area contributed by atoms with E-state index in [0.29, 0.717) is 30.6 Å². The molecule has 6 N–H and O–H groups in total. The van der Waals surface area contributed by atoms with E-state index in [-0.39, 0.29) is 46.2 Å². The number of hydrogen-bond acceptors (Lipinski definition) is 13. The van der Waals surface area contributed by atoms with Gasteiger partial charge in [-0.25, -0.2) is 0 Å². The van der Waals surface area contributed by atoms with Gasteiger partial charge in [0, 0.05) is 6.92 Å². The lowest BCUT2D eigenvalue weighted by Crippen LogP contribution is -2.66. The molecule has 7 rings (SSSR count). The lowest BCUT2D eigenvalue weighted by atomic mass is 9.33. The van der Waals surface area contributed by atoms with E-state index < -0.39 is 79.3 Å². The molecular formula is C43H68O13. The first-order valence-electron chi connectivity index (χ1n) is 21.2. The molecule has 4 saturated carbocycles. The minimum Gasteiger partial charge on any atom is -0.457 e. The summed E-state index contributed by atoms with van der Waals surface area (Å²) in [5, 5.41) is 62.9. The summed E-state index contributed by atoms with van der Waals surface area (Å²) in [6.45, 7) is 16.9. The minimum absolute atomic E-state index is 0.0111. The standard InChI is InChI=1S/C43H68O13/c1-21-11-16-43(38(51)56-37-34(50)35(53-23(3)45)32(48)26(19-44)54-37)18-17-41(7)24(30(43)22(21)2)9-10-28-40(6)14-13-29(39(4,5)27(40)12-15-42(28,41)8)55-36-33(49)31(47)25(46)20-52-36/h9,21-22,25-37,44,46-50H,10-20H2,1-8H3/t21-,22+,25+,26-,27+,28-,29+,30+,31+,32-,33?,34-,35+,36-,37+,40+,41-,42-,43+/m1/s1. The van der Waals surface area contributed by atoms with Gasteiger partial charge in [0.15, 0.2) is 18.5 Å². The second kappa shape index (κ2) is 14.8. The largest absolute Gasteiger partial charge is 0.457 e. The third-order valence-electron chi connectivity index (χ3n) is 17.4. The van der Waals surface area contributed by atoms with Crippen LogP contribution in [0.15, 0.2) is 11.6 Å². The molecule has 6 fully saturated rings. The van der Waals surface area contributed by atoms with E-state index in [0.717, 1.165) is 51.9 Å². The summed E-state index contributed by atoms with van der Waals surface area (Å²) in [6, 6.07) is 0. The minimum atomic E-state index is -1.64. The molecule has 0 amide bonds. The second-order valence-electron chi connectivity index (χ2n) is 20.2. The van der Waals surface area contributed by atoms with Gasteiger partial charge in [-0.1, -0.05) is 60.1 Å². The summed E-state index contributed by atoms with van der Waals surface area (Å²) in [7, 11) is 0. The van der Waals surface area contributed by atoms with Crippen molar-refractivity contribution in [1.29, 1.82) is 0 Å². The molecule has 13 nitrogen and oxygen atoms in total. The van der Waals surface area contributed by atoms with Gasteiger partial charge in [0.1, 0.15) is 30.5 Å². The SMILES string of the molecule is CC(=O)O[C@@H]1[C@@H](O)[C@H](OC(=O)[C@]23CC[C@@H](C)[C@H](C)[C@H]2C2=CC[C@@H]4[C@@]5(C)CC[C@H](O[C@H]6OC[C@H](O)[C@H](O)C6O)C(C)(C)[C@@H]5CC[C@@]4(C)[C@]2(C)CC3)O[C@H](CO)[C@H]1O. The Labute approximate surface area is 331 Å². The van der Waals surface area contributed by atoms with Crippen molar-refractivity contribution in [2.75, 3.05) is 13.2 Å². The molecule has 0 spiro atoms. The topological polar surface area (TPSA) is 202 Å². The number of aliphatic hydroxyl groups is 6. The highest BCUT2D eigenvalue weighted by atomic mass is 16.7. The molecule has 1 unspecified atom stereocenters. The van der Waals surface area contributed by atoms with Crippen molar-refractivity contribution in [3.05, 3.63) is 11.6 Å². The van der Waals surface area contributed by atoms with Crippen LogP contribution in [0.3, 0.4) is 0 Å². The summed E-state index contributed by atoms with van der Waals surface area (Å²) in [6.07, 6.45) is -2.38. The third kappa shape index (κ3) is 6.26. The third-order valence-corrected chi connectivity index (χ3v) is 17.4. The second-order valence-corrected chi connectivity index (χ2v) is 20.2. The number of rotatable bonds is 6. The van der Waals surface area contributed by atoms with Gasteiger partial charge in [-0.15, -0.1) is 0 Å². The maximum atomic E-state index is 14.8. The van der Waals surface area contributed by atoms with Crippen molar-refractivity contribution in [2.24, 2.45) is 56.7 Å². The van der Waals surface area contributed by atoms with Crippen molar-refractivity contribution in [3.8, 4) is 0 Å². The van der Waals surface area contributed by atoms with Gasteiger partial charge in [-0.3, -0.25) is 9.59 Å². The maximum Gasteiger partial charge on any atom is 0.315 e. The molecule has 7 aliphatic rings. The van der Waals surface area contributed by atoms with E-state index in [9.17, 15) is 40.2 Å². The van der Waals surface area contributed by atoms with Gasteiger partial charge in [0.2, 0.25) is 6.29 Å². The number of carbonyl (C=O) groups is 2. The fourth-order valence-electron chi connectivity index (χ4n) is 13.8. The number of aliphatic hydroxyl groups excluding tert-OH is 6. The maximum absolute atomic E-state index is 14.8. The van der Waals surface area contributed by atoms with Crippen molar-refractivity contribution in [2.45, 2.75) is 175 Å². The van der Waals surface area contributed by atoms with Crippen molar-refractivity contribution in [1.82, 2.24) is 0 Å². The molecule has 0 bridgehead atoms. The number of hydrogen-bond donors (Lipinski definition) is 6. The quantitative estimate of drug-likeness (QED) is 0.130. The fourth-order valence-corrected chi connectivity index (χ4v) is 13.8. The normalized spacial score (nSPS) is 52.6. The monoisotopic (exact) mass is 792 g/mol. The summed E-state index contributed by atoms with van der Waals surface area (Å²) in [4.78, 5) is 26.6. The van der Waals surface area contributed by atoms with Gasteiger partial charge in [0.05, 0.1) is 24.7 Å². The van der Waals surface area contributed by atoms with Crippen LogP contribution in [0.25, 0.3) is 0 Å². The molecule has 19 atom stereocenters. The van der Waals surface area contributed by atoms with E-state index in [1.54, 1.807) is 0 Å². The molecule has 5 aliphatic carbocycles. The molecule has 2 saturated heterocycles. The van der Waals surface area contributed by atoms with Crippen LogP contribution in [0.5, 0.6) is 0 Å². The van der Waals surface area contributed by atoms with Crippen LogP contribution < -0.4 is 0 Å². The molecule has 0 aromatic heterocycles. The first-order valence-corrected chi connectivity index (χ1v) is 21.2. The lowest BCUT2D eigenvalue weighted by molar-refractivity contribution is -0.308. The van der Waals surface area contributed by atoms with Crippen molar-refractivity contribution in [3.63, 3.8) is 0 Å². The smallest absolute Gasteiger partial charge is 0.315 e. The zero-order chi connectivity index (χ0) is 40.9. The van der Waals surface area contributed by atoms with Crippen LogP contribution in [0, 0.1) is 56.7 Å². The molecule has 2 heterocycles. The number of ether oxygens (including phenoxy) is 5. The highest BCUT2D eigenvalue weighted by Gasteiger charge is 2.70.